The Hall–Kier alpha value is -2.12. The first kappa shape index (κ1) is 20.2. The van der Waals surface area contributed by atoms with Gasteiger partial charge in [0.2, 0.25) is 5.91 Å². The van der Waals surface area contributed by atoms with Crippen LogP contribution in [0.15, 0.2) is 35.8 Å². The van der Waals surface area contributed by atoms with Crippen LogP contribution in [-0.2, 0) is 11.3 Å². The molecular formula is C22H30N4O2S. The maximum atomic E-state index is 13.0. The van der Waals surface area contributed by atoms with Crippen molar-refractivity contribution in [2.45, 2.75) is 38.8 Å². The lowest BCUT2D eigenvalue weighted by molar-refractivity contribution is -0.136. The summed E-state index contributed by atoms with van der Waals surface area (Å²) in [6.07, 6.45) is 5.42. The molecule has 156 valence electrons. The van der Waals surface area contributed by atoms with Crippen LogP contribution in [0.3, 0.4) is 0 Å². The van der Waals surface area contributed by atoms with Crippen LogP contribution in [-0.4, -0.2) is 76.4 Å². The van der Waals surface area contributed by atoms with Gasteiger partial charge in [-0.05, 0) is 49.8 Å². The predicted octanol–water partition coefficient (Wildman–Crippen LogP) is 2.76. The molecule has 0 saturated carbocycles. The summed E-state index contributed by atoms with van der Waals surface area (Å²) in [7, 11) is 0. The minimum absolute atomic E-state index is 0.0854. The maximum absolute atomic E-state index is 13.0. The molecule has 2 aliphatic heterocycles. The van der Waals surface area contributed by atoms with Crippen molar-refractivity contribution >= 4 is 23.2 Å². The number of piperazine rings is 1. The van der Waals surface area contributed by atoms with Crippen LogP contribution >= 0.6 is 11.3 Å². The largest absolute Gasteiger partial charge is 0.339 e. The Morgan fingerprint density at radius 3 is 2.62 bits per heavy atom. The first-order chi connectivity index (χ1) is 14.1. The summed E-state index contributed by atoms with van der Waals surface area (Å²) >= 11 is 1.71. The van der Waals surface area contributed by atoms with Crippen LogP contribution in [0.5, 0.6) is 0 Å². The first-order valence-electron chi connectivity index (χ1n) is 10.6. The molecule has 0 spiro atoms. The van der Waals surface area contributed by atoms with Crippen LogP contribution in [0.4, 0.5) is 0 Å². The fraction of sp³-hybridized carbons (Fsp3) is 0.545. The summed E-state index contributed by atoms with van der Waals surface area (Å²) in [4.78, 5) is 33.1. The zero-order valence-electron chi connectivity index (χ0n) is 17.1. The van der Waals surface area contributed by atoms with Crippen molar-refractivity contribution in [3.05, 3.63) is 46.4 Å². The second kappa shape index (κ2) is 9.13. The highest BCUT2D eigenvalue weighted by Gasteiger charge is 2.28. The minimum Gasteiger partial charge on any atom is -0.339 e. The molecule has 0 aliphatic carbocycles. The number of likely N-dealkylation sites (tertiary alicyclic amines) is 1. The molecule has 4 rings (SSSR count). The number of thiophene rings is 1. The van der Waals surface area contributed by atoms with Gasteiger partial charge in [-0.25, -0.2) is 0 Å². The van der Waals surface area contributed by atoms with E-state index >= 15 is 0 Å². The summed E-state index contributed by atoms with van der Waals surface area (Å²) in [6, 6.07) is 8.34. The van der Waals surface area contributed by atoms with Gasteiger partial charge in [0, 0.05) is 49.8 Å². The Kier molecular flexibility index (Phi) is 6.35. The highest BCUT2D eigenvalue weighted by molar-refractivity contribution is 7.09. The van der Waals surface area contributed by atoms with Crippen LogP contribution in [0.2, 0.25) is 0 Å². The van der Waals surface area contributed by atoms with E-state index < -0.39 is 0 Å². The van der Waals surface area contributed by atoms with Crippen LogP contribution < -0.4 is 0 Å². The number of hydrogen-bond donors (Lipinski definition) is 0. The molecule has 4 heterocycles. The Morgan fingerprint density at radius 2 is 1.90 bits per heavy atom. The molecular weight excluding hydrogens is 384 g/mol. The van der Waals surface area contributed by atoms with E-state index in [0.717, 1.165) is 44.7 Å². The van der Waals surface area contributed by atoms with Gasteiger partial charge in [-0.15, -0.1) is 11.3 Å². The normalized spacial score (nSPS) is 20.8. The number of rotatable bonds is 5. The quantitative estimate of drug-likeness (QED) is 0.756. The summed E-state index contributed by atoms with van der Waals surface area (Å²) in [5.41, 5.74) is 0.741. The van der Waals surface area contributed by atoms with Crippen LogP contribution in [0, 0.1) is 0 Å². The molecule has 2 aromatic rings. The van der Waals surface area contributed by atoms with E-state index in [1.165, 1.54) is 11.3 Å². The van der Waals surface area contributed by atoms with Gasteiger partial charge in [-0.1, -0.05) is 6.07 Å². The zero-order valence-corrected chi connectivity index (χ0v) is 17.9. The highest BCUT2D eigenvalue weighted by Crippen LogP contribution is 2.18. The van der Waals surface area contributed by atoms with E-state index in [1.807, 2.05) is 38.8 Å². The van der Waals surface area contributed by atoms with Crippen molar-refractivity contribution in [1.82, 2.24) is 19.3 Å². The maximum Gasteiger partial charge on any atom is 0.270 e. The fourth-order valence-corrected chi connectivity index (χ4v) is 5.04. The van der Waals surface area contributed by atoms with Crippen LogP contribution in [0.25, 0.3) is 0 Å². The van der Waals surface area contributed by atoms with Gasteiger partial charge in [0.1, 0.15) is 5.69 Å². The zero-order chi connectivity index (χ0) is 20.2. The molecule has 7 heteroatoms. The van der Waals surface area contributed by atoms with E-state index in [4.69, 9.17) is 0 Å². The lowest BCUT2D eigenvalue weighted by Gasteiger charge is -2.38. The molecule has 2 amide bonds. The van der Waals surface area contributed by atoms with Crippen molar-refractivity contribution in [3.63, 3.8) is 0 Å². The predicted molar refractivity (Wildman–Crippen MR) is 115 cm³/mol. The van der Waals surface area contributed by atoms with Crippen molar-refractivity contribution in [1.29, 1.82) is 0 Å². The van der Waals surface area contributed by atoms with Gasteiger partial charge in [0.25, 0.3) is 5.91 Å². The van der Waals surface area contributed by atoms with Gasteiger partial charge in [-0.2, -0.15) is 0 Å². The number of carbonyl (C=O) groups excluding carboxylic acids is 2. The highest BCUT2D eigenvalue weighted by atomic mass is 32.1. The molecule has 2 saturated heterocycles. The van der Waals surface area contributed by atoms with E-state index in [2.05, 4.69) is 23.3 Å². The lowest BCUT2D eigenvalue weighted by atomic mass is 10.0. The number of carbonyl (C=O) groups is 2. The van der Waals surface area contributed by atoms with Crippen LogP contribution in [0.1, 0.15) is 41.6 Å². The molecule has 2 aromatic heterocycles. The Labute approximate surface area is 176 Å². The monoisotopic (exact) mass is 414 g/mol. The summed E-state index contributed by atoms with van der Waals surface area (Å²) in [5, 5.41) is 2.06. The molecule has 1 atom stereocenters. The number of nitrogens with zero attached hydrogens (tertiary/aromatic N) is 4. The van der Waals surface area contributed by atoms with Crippen molar-refractivity contribution in [2.75, 3.05) is 39.3 Å². The minimum atomic E-state index is 0.0854. The summed E-state index contributed by atoms with van der Waals surface area (Å²) < 4.78 is 2.03. The van der Waals surface area contributed by atoms with Crippen molar-refractivity contribution in [3.8, 4) is 0 Å². The second-order valence-corrected chi connectivity index (χ2v) is 9.13. The third kappa shape index (κ3) is 4.73. The first-order valence-corrected chi connectivity index (χ1v) is 11.5. The number of aromatic nitrogens is 1. The summed E-state index contributed by atoms with van der Waals surface area (Å²) in [6.45, 7) is 7.10. The molecule has 0 bridgehead atoms. The second-order valence-electron chi connectivity index (χ2n) is 8.10. The topological polar surface area (TPSA) is 48.8 Å². The molecule has 6 nitrogen and oxygen atoms in total. The Morgan fingerprint density at radius 1 is 1.07 bits per heavy atom. The third-order valence-electron chi connectivity index (χ3n) is 6.10. The van der Waals surface area contributed by atoms with Gasteiger partial charge in [0.15, 0.2) is 0 Å². The number of piperidine rings is 1. The summed E-state index contributed by atoms with van der Waals surface area (Å²) in [5.74, 6) is 0.323. The van der Waals surface area contributed by atoms with Gasteiger partial charge < -0.3 is 14.4 Å². The molecule has 0 N–H and O–H groups in total. The van der Waals surface area contributed by atoms with Gasteiger partial charge in [-0.3, -0.25) is 14.5 Å². The molecule has 0 aromatic carbocycles. The standard InChI is InChI=1S/C22H30N4O2S/c1-18-6-2-3-10-26(18)21(27)17-23-11-13-24(14-12-23)22(28)20-8-4-9-25(20)16-19-7-5-15-29-19/h4-5,7-9,15,18H,2-3,6,10-14,16-17H2,1H3. The number of amides is 2. The third-order valence-corrected chi connectivity index (χ3v) is 6.96. The van der Waals surface area contributed by atoms with Crippen molar-refractivity contribution in [2.24, 2.45) is 0 Å². The van der Waals surface area contributed by atoms with E-state index in [-0.39, 0.29) is 11.8 Å². The SMILES string of the molecule is CC1CCCCN1C(=O)CN1CCN(C(=O)c2cccn2Cc2cccs2)CC1. The molecule has 29 heavy (non-hydrogen) atoms. The Bertz CT molecular complexity index is 824. The molecule has 2 aliphatic rings. The lowest BCUT2D eigenvalue weighted by Crippen LogP contribution is -2.53. The van der Waals surface area contributed by atoms with E-state index in [0.29, 0.717) is 25.7 Å². The average molecular weight is 415 g/mol. The average Bonchev–Trinajstić information content (AvgIpc) is 3.41. The molecule has 0 radical (unpaired) electrons. The van der Waals surface area contributed by atoms with Gasteiger partial charge in [0.05, 0.1) is 13.1 Å². The number of hydrogen-bond acceptors (Lipinski definition) is 4. The molecule has 2 fully saturated rings. The fourth-order valence-electron chi connectivity index (χ4n) is 4.34. The van der Waals surface area contributed by atoms with E-state index in [1.54, 1.807) is 11.3 Å². The smallest absolute Gasteiger partial charge is 0.270 e. The van der Waals surface area contributed by atoms with Gasteiger partial charge >= 0.3 is 0 Å². The van der Waals surface area contributed by atoms with Crippen molar-refractivity contribution < 1.29 is 9.59 Å². The van der Waals surface area contributed by atoms with E-state index in [9.17, 15) is 9.59 Å². The molecule has 1 unspecified atom stereocenters. The Balaban J connectivity index is 1.30.